The van der Waals surface area contributed by atoms with E-state index in [0.29, 0.717) is 30.5 Å². The monoisotopic (exact) mass is 460 g/mol. The summed E-state index contributed by atoms with van der Waals surface area (Å²) in [4.78, 5) is 26.0. The largest absolute Gasteiger partial charge is 0.444 e. The highest BCUT2D eigenvalue weighted by atomic mass is 19.1. The van der Waals surface area contributed by atoms with E-state index in [1.165, 1.54) is 11.0 Å². The molecule has 1 aliphatic rings. The maximum Gasteiger partial charge on any atom is 0.414 e. The van der Waals surface area contributed by atoms with E-state index in [0.717, 1.165) is 11.1 Å². The number of ether oxygens (including phenoxy) is 2. The average Bonchev–Trinajstić information content (AvgIpc) is 2.87. The van der Waals surface area contributed by atoms with Crippen molar-refractivity contribution in [3.8, 4) is 0 Å². The minimum Gasteiger partial charge on any atom is -0.444 e. The van der Waals surface area contributed by atoms with Crippen LogP contribution in [-0.2, 0) is 22.7 Å². The smallest absolute Gasteiger partial charge is 0.414 e. The summed E-state index contributed by atoms with van der Waals surface area (Å²) in [7, 11) is 0. The fourth-order valence-corrected chi connectivity index (χ4v) is 3.64. The second kappa shape index (κ2) is 11.1. The molecule has 6 nitrogen and oxygen atoms in total. The molecule has 0 atom stereocenters. The molecule has 0 aliphatic carbocycles. The van der Waals surface area contributed by atoms with Crippen molar-refractivity contribution < 1.29 is 23.5 Å². The van der Waals surface area contributed by atoms with Gasteiger partial charge >= 0.3 is 12.2 Å². The molecule has 174 valence electrons. The standard InChI is InChI=1S/C27H25FN2O4/c28-25-16-23(29-26(31)33-18-20-8-3-1-4-9-20)13-14-24(25)22-12-7-15-30(17-22)27(32)34-19-21-10-5-2-6-11-21/h1-6,8-11,13-14,16-17H,7,12,15,18-19H2,(H,29,31). The van der Waals surface area contributed by atoms with Gasteiger partial charge in [0.05, 0.1) is 0 Å². The van der Waals surface area contributed by atoms with E-state index in [4.69, 9.17) is 9.47 Å². The molecule has 0 spiro atoms. The Hall–Kier alpha value is -4.13. The fraction of sp³-hybridized carbons (Fsp3) is 0.185. The van der Waals surface area contributed by atoms with Crippen molar-refractivity contribution in [1.82, 2.24) is 4.90 Å². The quantitative estimate of drug-likeness (QED) is 0.466. The van der Waals surface area contributed by atoms with Crippen LogP contribution in [0.5, 0.6) is 0 Å². The van der Waals surface area contributed by atoms with Crippen molar-refractivity contribution in [2.45, 2.75) is 26.1 Å². The van der Waals surface area contributed by atoms with Gasteiger partial charge in [0.25, 0.3) is 0 Å². The van der Waals surface area contributed by atoms with E-state index < -0.39 is 18.0 Å². The summed E-state index contributed by atoms with van der Waals surface area (Å²) in [6, 6.07) is 23.1. The van der Waals surface area contributed by atoms with Crippen LogP contribution in [0.1, 0.15) is 29.5 Å². The van der Waals surface area contributed by atoms with E-state index in [9.17, 15) is 14.0 Å². The van der Waals surface area contributed by atoms with Gasteiger partial charge < -0.3 is 9.47 Å². The van der Waals surface area contributed by atoms with E-state index in [1.807, 2.05) is 60.7 Å². The number of benzene rings is 3. The van der Waals surface area contributed by atoms with Crippen LogP contribution in [0, 0.1) is 5.82 Å². The van der Waals surface area contributed by atoms with Crippen LogP contribution < -0.4 is 5.32 Å². The Bertz CT molecular complexity index is 1170. The van der Waals surface area contributed by atoms with Gasteiger partial charge in [0.15, 0.2) is 0 Å². The van der Waals surface area contributed by atoms with E-state index in [-0.39, 0.29) is 18.9 Å². The van der Waals surface area contributed by atoms with Gasteiger partial charge in [0, 0.05) is 24.0 Å². The number of allylic oxidation sites excluding steroid dienone is 1. The summed E-state index contributed by atoms with van der Waals surface area (Å²) < 4.78 is 25.4. The second-order valence-electron chi connectivity index (χ2n) is 7.87. The molecule has 4 rings (SSSR count). The van der Waals surface area contributed by atoms with Crippen molar-refractivity contribution in [3.63, 3.8) is 0 Å². The molecule has 0 saturated carbocycles. The van der Waals surface area contributed by atoms with Crippen LogP contribution in [0.25, 0.3) is 5.57 Å². The first-order valence-corrected chi connectivity index (χ1v) is 11.0. The molecule has 34 heavy (non-hydrogen) atoms. The zero-order valence-corrected chi connectivity index (χ0v) is 18.6. The van der Waals surface area contributed by atoms with Crippen molar-refractivity contribution in [1.29, 1.82) is 0 Å². The molecule has 1 N–H and O–H groups in total. The molecule has 2 amide bonds. The fourth-order valence-electron chi connectivity index (χ4n) is 3.64. The summed E-state index contributed by atoms with van der Waals surface area (Å²) in [5.41, 5.74) is 3.11. The molecule has 3 aromatic carbocycles. The molecular formula is C27H25FN2O4. The van der Waals surface area contributed by atoms with Crippen molar-refractivity contribution in [2.24, 2.45) is 0 Å². The number of anilines is 1. The predicted molar refractivity (Wildman–Crippen MR) is 127 cm³/mol. The maximum absolute atomic E-state index is 14.9. The Morgan fingerprint density at radius 1 is 0.882 bits per heavy atom. The highest BCUT2D eigenvalue weighted by Gasteiger charge is 2.21. The first-order chi connectivity index (χ1) is 16.6. The number of rotatable bonds is 6. The summed E-state index contributed by atoms with van der Waals surface area (Å²) >= 11 is 0. The Labute approximate surface area is 197 Å². The normalized spacial score (nSPS) is 13.1. The number of carbonyl (C=O) groups excluding carboxylic acids is 2. The van der Waals surface area contributed by atoms with Gasteiger partial charge in [-0.25, -0.2) is 14.0 Å². The molecule has 0 bridgehead atoms. The third-order valence-corrected chi connectivity index (χ3v) is 5.37. The minimum atomic E-state index is -0.666. The van der Waals surface area contributed by atoms with Gasteiger partial charge in [0.1, 0.15) is 19.0 Å². The second-order valence-corrected chi connectivity index (χ2v) is 7.87. The Morgan fingerprint density at radius 3 is 2.18 bits per heavy atom. The van der Waals surface area contributed by atoms with Crippen LogP contribution in [0.3, 0.4) is 0 Å². The number of nitrogens with zero attached hydrogens (tertiary/aromatic N) is 1. The van der Waals surface area contributed by atoms with Gasteiger partial charge in [-0.15, -0.1) is 0 Å². The van der Waals surface area contributed by atoms with Crippen molar-refractivity contribution in [3.05, 3.63) is 108 Å². The lowest BCUT2D eigenvalue weighted by atomic mass is 9.98. The van der Waals surface area contributed by atoms with Gasteiger partial charge in [-0.2, -0.15) is 0 Å². The summed E-state index contributed by atoms with van der Waals surface area (Å²) in [6.07, 6.45) is 1.82. The number of carbonyl (C=O) groups is 2. The molecule has 0 fully saturated rings. The van der Waals surface area contributed by atoms with Gasteiger partial charge in [-0.05, 0) is 47.7 Å². The summed E-state index contributed by atoms with van der Waals surface area (Å²) in [6.45, 7) is 0.802. The number of halogens is 1. The van der Waals surface area contributed by atoms with Crippen LogP contribution >= 0.6 is 0 Å². The maximum atomic E-state index is 14.9. The number of hydrogen-bond acceptors (Lipinski definition) is 4. The first kappa shape index (κ1) is 23.0. The Morgan fingerprint density at radius 2 is 1.53 bits per heavy atom. The highest BCUT2D eigenvalue weighted by molar-refractivity contribution is 5.85. The molecule has 1 heterocycles. The number of hydrogen-bond donors (Lipinski definition) is 1. The Kier molecular flexibility index (Phi) is 7.55. The molecule has 0 radical (unpaired) electrons. The third kappa shape index (κ3) is 6.22. The van der Waals surface area contributed by atoms with Crippen LogP contribution in [0.4, 0.5) is 19.7 Å². The van der Waals surface area contributed by atoms with E-state index >= 15 is 0 Å². The van der Waals surface area contributed by atoms with Crippen LogP contribution in [0.15, 0.2) is 85.1 Å². The molecule has 1 aliphatic heterocycles. The lowest BCUT2D eigenvalue weighted by Crippen LogP contribution is -2.30. The molecule has 7 heteroatoms. The third-order valence-electron chi connectivity index (χ3n) is 5.37. The van der Waals surface area contributed by atoms with Gasteiger partial charge in [0.2, 0.25) is 0 Å². The predicted octanol–water partition coefficient (Wildman–Crippen LogP) is 6.35. The summed E-state index contributed by atoms with van der Waals surface area (Å²) in [5, 5.41) is 2.54. The van der Waals surface area contributed by atoms with E-state index in [1.54, 1.807) is 18.3 Å². The zero-order valence-electron chi connectivity index (χ0n) is 18.6. The van der Waals surface area contributed by atoms with Crippen LogP contribution in [-0.4, -0.2) is 23.6 Å². The molecule has 0 saturated heterocycles. The highest BCUT2D eigenvalue weighted by Crippen LogP contribution is 2.29. The lowest BCUT2D eigenvalue weighted by molar-refractivity contribution is 0.109. The zero-order chi connectivity index (χ0) is 23.8. The number of amides is 2. The van der Waals surface area contributed by atoms with Gasteiger partial charge in [-0.3, -0.25) is 10.2 Å². The molecule has 0 unspecified atom stereocenters. The SMILES string of the molecule is O=C(Nc1ccc(C2=CN(C(=O)OCc3ccccc3)CCC2)c(F)c1)OCc1ccccc1. The Balaban J connectivity index is 1.36. The average molecular weight is 461 g/mol. The summed E-state index contributed by atoms with van der Waals surface area (Å²) in [5.74, 6) is -0.494. The van der Waals surface area contributed by atoms with E-state index in [2.05, 4.69) is 5.32 Å². The minimum absolute atomic E-state index is 0.121. The number of nitrogens with one attached hydrogen (secondary N) is 1. The molecule has 3 aromatic rings. The van der Waals surface area contributed by atoms with Crippen molar-refractivity contribution >= 4 is 23.4 Å². The first-order valence-electron chi connectivity index (χ1n) is 11.0. The van der Waals surface area contributed by atoms with Gasteiger partial charge in [-0.1, -0.05) is 60.7 Å². The molecule has 0 aromatic heterocycles. The van der Waals surface area contributed by atoms with Crippen molar-refractivity contribution in [2.75, 3.05) is 11.9 Å². The topological polar surface area (TPSA) is 67.9 Å². The molecular weight excluding hydrogens is 435 g/mol. The lowest BCUT2D eigenvalue weighted by Gasteiger charge is -2.25. The van der Waals surface area contributed by atoms with Crippen LogP contribution in [0.2, 0.25) is 0 Å².